The van der Waals surface area contributed by atoms with E-state index in [1.165, 1.54) is 284 Å². The molecule has 0 N–H and O–H groups in total. The Balaban J connectivity index is 0.000000106. The van der Waals surface area contributed by atoms with Crippen molar-refractivity contribution in [3.8, 4) is 111 Å². The van der Waals surface area contributed by atoms with Gasteiger partial charge in [-0.2, -0.15) is 0 Å². The van der Waals surface area contributed by atoms with Gasteiger partial charge in [0.2, 0.25) is 0 Å². The van der Waals surface area contributed by atoms with Crippen LogP contribution < -0.4 is 0 Å². The normalized spacial score (nSPS) is 12.8. The van der Waals surface area contributed by atoms with Gasteiger partial charge in [0.25, 0.3) is 0 Å². The zero-order valence-electron chi connectivity index (χ0n) is 78.3. The third kappa shape index (κ3) is 13.6. The number of benzene rings is 27. The van der Waals surface area contributed by atoms with Crippen LogP contribution in [0.1, 0.15) is 49.9 Å². The van der Waals surface area contributed by atoms with E-state index in [4.69, 9.17) is 0 Å². The molecule has 140 heavy (non-hydrogen) atoms. The minimum Gasteiger partial charge on any atom is -0.0622 e. The van der Waals surface area contributed by atoms with E-state index < -0.39 is 0 Å². The summed E-state index contributed by atoms with van der Waals surface area (Å²) in [6.07, 6.45) is 0. The molecule has 0 aromatic heterocycles. The van der Waals surface area contributed by atoms with E-state index in [9.17, 15) is 0 Å². The summed E-state index contributed by atoms with van der Waals surface area (Å²) in [5.41, 5.74) is 30.9. The van der Waals surface area contributed by atoms with Crippen molar-refractivity contribution in [2.45, 2.75) is 38.5 Å². The van der Waals surface area contributed by atoms with E-state index in [1.54, 1.807) is 0 Å². The Hall–Kier alpha value is -17.4. The molecule has 0 nitrogen and oxygen atoms in total. The van der Waals surface area contributed by atoms with Crippen LogP contribution in [0.15, 0.2) is 497 Å². The molecule has 27 aromatic carbocycles. The smallest absolute Gasteiger partial charge is 0.0159 e. The van der Waals surface area contributed by atoms with Crippen molar-refractivity contribution in [1.29, 1.82) is 0 Å². The number of hydrogen-bond acceptors (Lipinski definition) is 0. The van der Waals surface area contributed by atoms with E-state index >= 15 is 0 Å². The standard InChI is InChI=1S/C53H36.C44H28.C43H30/c1-53(2)49-30-40(39-22-19-33-11-3-6-14-36(33)27-39)25-26-43(49)46-31-47-48(32-50(46)53)52(42-24-21-35-13-5-8-16-38(35)29-42)45-18-10-9-17-44(45)51(47)41-23-20-34-12-4-7-15-37(34)28-41;1-2-12-31(13-3-1)44-40-17-9-7-15-34(40)26-42-41(36-22-23-39-35(25-36)21-19-30-11-6-8-16-38(30)39)27-37(28-43(42)44)33-20-18-29-10-4-5-14-32(29)24-33;1-43(2)39-18-10-9-15-33(39)36-25-37-38(26-40(36)43)42(32-22-20-28-12-4-6-14-30(28)24-32)35-17-8-7-16-34(35)41(37)31-21-19-27-11-3-5-13-29(27)23-31/h3-32H,1-2H3;1-28H;3-26H,1-2H3. The van der Waals surface area contributed by atoms with Crippen LogP contribution in [0.2, 0.25) is 0 Å². The van der Waals surface area contributed by atoms with Gasteiger partial charge in [-0.25, -0.2) is 0 Å². The van der Waals surface area contributed by atoms with Crippen LogP contribution in [0.5, 0.6) is 0 Å². The van der Waals surface area contributed by atoms with Gasteiger partial charge in [-0.05, 0) is 375 Å². The first kappa shape index (κ1) is 82.1. The topological polar surface area (TPSA) is 0 Å². The van der Waals surface area contributed by atoms with Gasteiger partial charge in [-0.1, -0.05) is 434 Å². The van der Waals surface area contributed by atoms with Crippen LogP contribution in [0, 0.1) is 0 Å². The fraction of sp³-hybridized carbons (Fsp3) is 0.0429. The average molecular weight is 1780 g/mol. The first-order chi connectivity index (χ1) is 68.9. The molecular formula is C140H94. The lowest BCUT2D eigenvalue weighted by Crippen LogP contribution is -2.15. The molecular weight excluding hydrogens is 1680 g/mol. The molecule has 0 spiro atoms. The molecule has 2 aliphatic rings. The average Bonchev–Trinajstić information content (AvgIpc) is 1.53. The number of fused-ring (bicyclic) bond motifs is 21. The summed E-state index contributed by atoms with van der Waals surface area (Å²) in [6.45, 7) is 9.58. The molecule has 0 heteroatoms. The van der Waals surface area contributed by atoms with Crippen molar-refractivity contribution in [2.75, 3.05) is 0 Å². The monoisotopic (exact) mass is 1770 g/mol. The molecule has 0 saturated carbocycles. The molecule has 27 aromatic rings. The Bertz CT molecular complexity index is 9890. The van der Waals surface area contributed by atoms with Gasteiger partial charge in [0.15, 0.2) is 0 Å². The molecule has 654 valence electrons. The molecule has 0 fully saturated rings. The number of rotatable bonds is 8. The lowest BCUT2D eigenvalue weighted by atomic mass is 9.79. The Labute approximate surface area is 814 Å². The van der Waals surface area contributed by atoms with Crippen LogP contribution in [-0.4, -0.2) is 0 Å². The molecule has 2 aliphatic carbocycles. The third-order valence-electron chi connectivity index (χ3n) is 31.0. The largest absolute Gasteiger partial charge is 0.0622 e. The first-order valence-corrected chi connectivity index (χ1v) is 49.1. The second-order valence-corrected chi connectivity index (χ2v) is 39.6. The summed E-state index contributed by atoms with van der Waals surface area (Å²) >= 11 is 0. The maximum absolute atomic E-state index is 2.54. The van der Waals surface area contributed by atoms with Crippen molar-refractivity contribution in [3.05, 3.63) is 520 Å². The highest BCUT2D eigenvalue weighted by atomic mass is 14.4. The van der Waals surface area contributed by atoms with Crippen molar-refractivity contribution < 1.29 is 0 Å². The lowest BCUT2D eigenvalue weighted by molar-refractivity contribution is 0.661. The van der Waals surface area contributed by atoms with Gasteiger partial charge in [-0.3, -0.25) is 0 Å². The molecule has 0 aliphatic heterocycles. The van der Waals surface area contributed by atoms with Crippen LogP contribution in [0.4, 0.5) is 0 Å². The quantitative estimate of drug-likeness (QED) is 0.105. The summed E-state index contributed by atoms with van der Waals surface area (Å²) in [4.78, 5) is 0. The van der Waals surface area contributed by atoms with E-state index in [1.807, 2.05) is 0 Å². The van der Waals surface area contributed by atoms with E-state index in [0.29, 0.717) is 0 Å². The summed E-state index contributed by atoms with van der Waals surface area (Å²) < 4.78 is 0. The second-order valence-electron chi connectivity index (χ2n) is 39.6. The summed E-state index contributed by atoms with van der Waals surface area (Å²) in [5.74, 6) is 0. The highest BCUT2D eigenvalue weighted by Crippen LogP contribution is 2.58. The Morgan fingerprint density at radius 1 is 0.107 bits per heavy atom. The zero-order valence-corrected chi connectivity index (χ0v) is 78.3. The molecule has 0 bridgehead atoms. The third-order valence-corrected chi connectivity index (χ3v) is 31.0. The van der Waals surface area contributed by atoms with Crippen molar-refractivity contribution in [2.24, 2.45) is 0 Å². The Kier molecular flexibility index (Phi) is 19.2. The maximum Gasteiger partial charge on any atom is 0.0159 e. The van der Waals surface area contributed by atoms with E-state index in [-0.39, 0.29) is 10.8 Å². The van der Waals surface area contributed by atoms with Gasteiger partial charge >= 0.3 is 0 Å². The molecule has 29 rings (SSSR count). The predicted molar refractivity (Wildman–Crippen MR) is 603 cm³/mol. The van der Waals surface area contributed by atoms with Crippen LogP contribution in [-0.2, 0) is 10.8 Å². The fourth-order valence-corrected chi connectivity index (χ4v) is 24.0. The molecule has 0 saturated heterocycles. The molecule has 0 heterocycles. The highest BCUT2D eigenvalue weighted by molar-refractivity contribution is 6.26. The highest BCUT2D eigenvalue weighted by Gasteiger charge is 2.39. The van der Waals surface area contributed by atoms with Crippen molar-refractivity contribution >= 4 is 151 Å². The molecule has 0 amide bonds. The minimum absolute atomic E-state index is 0.0739. The maximum atomic E-state index is 2.54. The second kappa shape index (κ2) is 32.7. The van der Waals surface area contributed by atoms with Gasteiger partial charge in [0, 0.05) is 10.8 Å². The van der Waals surface area contributed by atoms with Gasteiger partial charge in [0.1, 0.15) is 0 Å². The number of hydrogen-bond donors (Lipinski definition) is 0. The van der Waals surface area contributed by atoms with E-state index in [0.717, 1.165) is 0 Å². The predicted octanol–water partition coefficient (Wildman–Crippen LogP) is 39.2. The SMILES string of the molecule is CC1(C)c2cc(-c3ccc4ccccc4c3)ccc2-c2cc3c(-c4ccc5ccccc5c4)c4ccccc4c(-c4ccc5ccccc5c4)c3cc21.CC1(C)c2ccccc2-c2cc3c(-c4ccc5ccccc5c4)c4ccccc4c(-c4ccc5ccccc5c4)c3cc21.c1ccc(-c2c3ccccc3cc3c(-c4ccc5c(ccc6ccccc65)c4)cc(-c4ccc5ccccc5c4)cc23)cc1. The van der Waals surface area contributed by atoms with Crippen molar-refractivity contribution in [1.82, 2.24) is 0 Å². The first-order valence-electron chi connectivity index (χ1n) is 49.1. The Morgan fingerprint density at radius 2 is 0.386 bits per heavy atom. The van der Waals surface area contributed by atoms with Crippen LogP contribution >= 0.6 is 0 Å². The summed E-state index contributed by atoms with van der Waals surface area (Å²) in [5, 5.41) is 35.7. The minimum atomic E-state index is -0.179. The van der Waals surface area contributed by atoms with Gasteiger partial charge < -0.3 is 0 Å². The molecule has 0 atom stereocenters. The van der Waals surface area contributed by atoms with E-state index in [2.05, 4.69) is 525 Å². The van der Waals surface area contributed by atoms with Crippen LogP contribution in [0.25, 0.3) is 262 Å². The zero-order chi connectivity index (χ0) is 93.0. The molecule has 0 radical (unpaired) electrons. The fourth-order valence-electron chi connectivity index (χ4n) is 24.0. The van der Waals surface area contributed by atoms with Crippen LogP contribution in [0.3, 0.4) is 0 Å². The van der Waals surface area contributed by atoms with Gasteiger partial charge in [0.05, 0.1) is 0 Å². The lowest BCUT2D eigenvalue weighted by Gasteiger charge is -2.24. The Morgan fingerprint density at radius 3 is 0.850 bits per heavy atom. The summed E-state index contributed by atoms with van der Waals surface area (Å²) in [7, 11) is 0. The summed E-state index contributed by atoms with van der Waals surface area (Å²) in [6, 6.07) is 185. The van der Waals surface area contributed by atoms with Gasteiger partial charge in [-0.15, -0.1) is 0 Å². The van der Waals surface area contributed by atoms with Crippen molar-refractivity contribution in [3.63, 3.8) is 0 Å². The molecule has 0 unspecified atom stereocenters.